The third kappa shape index (κ3) is 4.03. The maximum absolute atomic E-state index is 11.8. The van der Waals surface area contributed by atoms with Crippen molar-refractivity contribution in [1.29, 1.82) is 0 Å². The molecule has 0 radical (unpaired) electrons. The molecule has 2 rings (SSSR count). The second-order valence-corrected chi connectivity index (χ2v) is 6.91. The molecule has 2 aromatic carbocycles. The van der Waals surface area contributed by atoms with Crippen molar-refractivity contribution in [3.63, 3.8) is 0 Å². The van der Waals surface area contributed by atoms with Gasteiger partial charge in [-0.3, -0.25) is 0 Å². The summed E-state index contributed by atoms with van der Waals surface area (Å²) in [7, 11) is -8.71. The molecule has 104 valence electrons. The summed E-state index contributed by atoms with van der Waals surface area (Å²) in [5, 5.41) is 0. The summed E-state index contributed by atoms with van der Waals surface area (Å²) in [5.74, 6) is 0. The van der Waals surface area contributed by atoms with E-state index in [9.17, 15) is 16.8 Å². The molecule has 0 aromatic heterocycles. The van der Waals surface area contributed by atoms with Crippen molar-refractivity contribution >= 4 is 43.3 Å². The number of hydrogen-bond donors (Lipinski definition) is 0. The van der Waals surface area contributed by atoms with E-state index in [0.29, 0.717) is 0 Å². The maximum Gasteiger partial charge on any atom is 2.00 e. The van der Waals surface area contributed by atoms with E-state index in [4.69, 9.17) is 0 Å². The first kappa shape index (κ1) is 17.1. The Balaban J connectivity index is 0. The minimum Gasteiger partial charge on any atom is -1.00 e. The molecule has 0 aliphatic rings. The summed E-state index contributed by atoms with van der Waals surface area (Å²) >= 11 is 0. The van der Waals surface area contributed by atoms with Gasteiger partial charge in [-0.15, -0.1) is 3.63 Å². The van der Waals surface area contributed by atoms with Gasteiger partial charge >= 0.3 is 43.3 Å². The zero-order valence-corrected chi connectivity index (χ0v) is 13.4. The Morgan fingerprint density at radius 2 is 0.950 bits per heavy atom. The molecule has 20 heavy (non-hydrogen) atoms. The van der Waals surface area contributed by atoms with E-state index in [1.807, 2.05) is 0 Å². The molecular weight excluding hydrogens is 313 g/mol. The Morgan fingerprint density at radius 3 is 1.25 bits per heavy atom. The quantitative estimate of drug-likeness (QED) is 0.799. The first-order valence-electron chi connectivity index (χ1n) is 5.23. The number of rotatable bonds is 4. The molecule has 0 saturated carbocycles. The normalized spacial score (nSPS) is 11.6. The average Bonchev–Trinajstić information content (AvgIpc) is 2.40. The van der Waals surface area contributed by atoms with Crippen LogP contribution in [0.4, 0.5) is 0 Å². The standard InChI is InChI=1S/C12H10O5S2.Mg.2H/c13-18(14,11-7-3-1-4-8-11)17-19(15,16)12-9-5-2-6-10-12;;;/h1-10H;;;/q;+2;2*-1. The van der Waals surface area contributed by atoms with Crippen molar-refractivity contribution in [3.05, 3.63) is 60.7 Å². The third-order valence-corrected chi connectivity index (χ3v) is 5.38. The minimum atomic E-state index is -4.35. The van der Waals surface area contributed by atoms with Gasteiger partial charge in [0.05, 0.1) is 9.79 Å². The first-order chi connectivity index (χ1) is 8.92. The molecule has 0 heterocycles. The van der Waals surface area contributed by atoms with Crippen LogP contribution in [0.25, 0.3) is 0 Å². The molecule has 8 heteroatoms. The van der Waals surface area contributed by atoms with Gasteiger partial charge in [-0.25, -0.2) is 0 Å². The largest absolute Gasteiger partial charge is 2.00 e. The van der Waals surface area contributed by atoms with Crippen molar-refractivity contribution in [1.82, 2.24) is 0 Å². The van der Waals surface area contributed by atoms with Crippen LogP contribution in [0.3, 0.4) is 0 Å². The van der Waals surface area contributed by atoms with Gasteiger partial charge in [0.25, 0.3) is 0 Å². The van der Waals surface area contributed by atoms with E-state index in [-0.39, 0.29) is 35.7 Å². The molecule has 0 aliphatic heterocycles. The van der Waals surface area contributed by atoms with E-state index < -0.39 is 20.2 Å². The fourth-order valence-electron chi connectivity index (χ4n) is 1.37. The second-order valence-electron chi connectivity index (χ2n) is 3.60. The number of benzene rings is 2. The Labute approximate surface area is 137 Å². The van der Waals surface area contributed by atoms with E-state index in [1.54, 1.807) is 12.1 Å². The zero-order valence-electron chi connectivity index (χ0n) is 12.3. The van der Waals surface area contributed by atoms with Gasteiger partial charge in [0.1, 0.15) is 0 Å². The Kier molecular flexibility index (Phi) is 5.72. The predicted octanol–water partition coefficient (Wildman–Crippen LogP) is 1.63. The molecule has 0 aliphatic carbocycles. The van der Waals surface area contributed by atoms with Crippen LogP contribution in [0.2, 0.25) is 0 Å². The van der Waals surface area contributed by atoms with Crippen molar-refractivity contribution in [2.75, 3.05) is 0 Å². The van der Waals surface area contributed by atoms with Gasteiger partial charge in [-0.2, -0.15) is 16.8 Å². The van der Waals surface area contributed by atoms with Crippen LogP contribution in [-0.4, -0.2) is 39.9 Å². The fourth-order valence-corrected chi connectivity index (χ4v) is 3.92. The molecule has 0 unspecified atom stereocenters. The van der Waals surface area contributed by atoms with E-state index >= 15 is 0 Å². The topological polar surface area (TPSA) is 77.5 Å². The van der Waals surface area contributed by atoms with Crippen LogP contribution in [0.5, 0.6) is 0 Å². The average molecular weight is 325 g/mol. The van der Waals surface area contributed by atoms with Crippen molar-refractivity contribution in [3.8, 4) is 0 Å². The molecule has 0 fully saturated rings. The predicted molar refractivity (Wildman–Crippen MR) is 76.3 cm³/mol. The van der Waals surface area contributed by atoms with Crippen LogP contribution < -0.4 is 0 Å². The van der Waals surface area contributed by atoms with Crippen LogP contribution in [0.1, 0.15) is 2.85 Å². The van der Waals surface area contributed by atoms with Crippen LogP contribution in [-0.2, 0) is 23.9 Å². The summed E-state index contributed by atoms with van der Waals surface area (Å²) in [4.78, 5) is -0.427. The van der Waals surface area contributed by atoms with Crippen molar-refractivity contribution in [2.24, 2.45) is 0 Å². The van der Waals surface area contributed by atoms with Gasteiger partial charge in [-0.05, 0) is 24.3 Å². The van der Waals surface area contributed by atoms with E-state index in [2.05, 4.69) is 3.63 Å². The molecule has 0 amide bonds. The minimum absolute atomic E-state index is 0. The molecule has 0 spiro atoms. The zero-order chi connectivity index (χ0) is 13.9. The van der Waals surface area contributed by atoms with E-state index in [1.165, 1.54) is 48.5 Å². The van der Waals surface area contributed by atoms with Crippen LogP contribution in [0, 0.1) is 0 Å². The van der Waals surface area contributed by atoms with Gasteiger partial charge < -0.3 is 2.85 Å². The smallest absolute Gasteiger partial charge is 1.00 e. The molecule has 0 saturated heterocycles. The van der Waals surface area contributed by atoms with Crippen LogP contribution in [0.15, 0.2) is 70.5 Å². The third-order valence-electron chi connectivity index (χ3n) is 2.24. The summed E-state index contributed by atoms with van der Waals surface area (Å²) in [6, 6.07) is 14.2. The summed E-state index contributed by atoms with van der Waals surface area (Å²) < 4.78 is 51.6. The molecule has 0 bridgehead atoms. The second kappa shape index (κ2) is 6.68. The molecule has 0 atom stereocenters. The van der Waals surface area contributed by atoms with Crippen LogP contribution >= 0.6 is 0 Å². The Morgan fingerprint density at radius 1 is 0.650 bits per heavy atom. The maximum atomic E-state index is 11.8. The number of hydrogen-bond acceptors (Lipinski definition) is 5. The van der Waals surface area contributed by atoms with Gasteiger partial charge in [0.15, 0.2) is 0 Å². The summed E-state index contributed by atoms with van der Waals surface area (Å²) in [5.41, 5.74) is 0. The van der Waals surface area contributed by atoms with Crippen molar-refractivity contribution < 1.29 is 23.3 Å². The SMILES string of the molecule is O=S(=O)(OS(=O)(=O)c1ccccc1)c1ccccc1.[H-].[H-].[Mg+2]. The van der Waals surface area contributed by atoms with Gasteiger partial charge in [0.2, 0.25) is 0 Å². The van der Waals surface area contributed by atoms with Gasteiger partial charge in [-0.1, -0.05) is 36.4 Å². The van der Waals surface area contributed by atoms with Crippen molar-refractivity contribution in [2.45, 2.75) is 9.79 Å². The molecule has 2 aromatic rings. The fraction of sp³-hybridized carbons (Fsp3) is 0. The van der Waals surface area contributed by atoms with E-state index in [0.717, 1.165) is 0 Å². The molecule has 0 N–H and O–H groups in total. The summed E-state index contributed by atoms with van der Waals surface area (Å²) in [6.07, 6.45) is 0. The monoisotopic (exact) mass is 324 g/mol. The first-order valence-corrected chi connectivity index (χ1v) is 8.05. The molecular formula is C12H12MgO5S2. The Bertz CT molecular complexity index is 698. The summed E-state index contributed by atoms with van der Waals surface area (Å²) in [6.45, 7) is 0. The molecule has 5 nitrogen and oxygen atoms in total. The van der Waals surface area contributed by atoms with Gasteiger partial charge in [0, 0.05) is 0 Å². The Hall–Kier alpha value is -0.934.